The normalized spacial score (nSPS) is 17.5. The minimum atomic E-state index is 0.685. The number of likely N-dealkylation sites (N-methyl/N-ethyl adjacent to an activating group) is 1. The Hall–Kier alpha value is -0.910. The molecule has 0 spiro atoms. The first-order valence-electron chi connectivity index (χ1n) is 5.15. The van der Waals surface area contributed by atoms with Gasteiger partial charge in [-0.1, -0.05) is 0 Å². The average molecular weight is 222 g/mol. The standard InChI is InChI=1S/C10H14N4S/c1-13(9-4-11-5-9)6-8-7-14-2-3-15-10(14)12-8/h2-3,7,9,11H,4-6H2,1H3. The van der Waals surface area contributed by atoms with Gasteiger partial charge in [-0.15, -0.1) is 11.3 Å². The van der Waals surface area contributed by atoms with E-state index >= 15 is 0 Å². The van der Waals surface area contributed by atoms with Crippen LogP contribution in [0.25, 0.3) is 4.96 Å². The molecule has 4 nitrogen and oxygen atoms in total. The van der Waals surface area contributed by atoms with Crippen molar-refractivity contribution in [2.75, 3.05) is 20.1 Å². The number of hydrogen-bond donors (Lipinski definition) is 1. The maximum absolute atomic E-state index is 4.57. The van der Waals surface area contributed by atoms with Crippen molar-refractivity contribution in [2.24, 2.45) is 0 Å². The first-order chi connectivity index (χ1) is 7.33. The van der Waals surface area contributed by atoms with Gasteiger partial charge in [0.25, 0.3) is 0 Å². The molecular weight excluding hydrogens is 208 g/mol. The van der Waals surface area contributed by atoms with Crippen LogP contribution in [0, 0.1) is 0 Å². The van der Waals surface area contributed by atoms with Crippen molar-refractivity contribution >= 4 is 16.3 Å². The molecule has 0 unspecified atom stereocenters. The van der Waals surface area contributed by atoms with E-state index < -0.39 is 0 Å². The van der Waals surface area contributed by atoms with Crippen LogP contribution in [0.4, 0.5) is 0 Å². The zero-order chi connectivity index (χ0) is 10.3. The summed E-state index contributed by atoms with van der Waals surface area (Å²) >= 11 is 1.68. The van der Waals surface area contributed by atoms with E-state index in [1.54, 1.807) is 11.3 Å². The second-order valence-electron chi connectivity index (χ2n) is 4.05. The number of aromatic nitrogens is 2. The maximum Gasteiger partial charge on any atom is 0.193 e. The van der Waals surface area contributed by atoms with Crippen LogP contribution < -0.4 is 5.32 Å². The topological polar surface area (TPSA) is 32.6 Å². The fourth-order valence-electron chi connectivity index (χ4n) is 1.82. The largest absolute Gasteiger partial charge is 0.314 e. The Balaban J connectivity index is 1.74. The van der Waals surface area contributed by atoms with Crippen molar-refractivity contribution in [2.45, 2.75) is 12.6 Å². The molecular formula is C10H14N4S. The summed E-state index contributed by atoms with van der Waals surface area (Å²) in [6, 6.07) is 0.685. The monoisotopic (exact) mass is 222 g/mol. The summed E-state index contributed by atoms with van der Waals surface area (Å²) in [4.78, 5) is 8.03. The van der Waals surface area contributed by atoms with Gasteiger partial charge < -0.3 is 5.32 Å². The predicted molar refractivity (Wildman–Crippen MR) is 61.2 cm³/mol. The molecule has 1 aliphatic rings. The third-order valence-corrected chi connectivity index (χ3v) is 3.71. The SMILES string of the molecule is CN(Cc1cn2ccsc2n1)C1CNC1. The van der Waals surface area contributed by atoms with E-state index in [0.717, 1.165) is 30.3 Å². The third-order valence-electron chi connectivity index (χ3n) is 2.94. The van der Waals surface area contributed by atoms with Crippen molar-refractivity contribution in [3.05, 3.63) is 23.5 Å². The minimum Gasteiger partial charge on any atom is -0.314 e. The molecule has 1 saturated heterocycles. The van der Waals surface area contributed by atoms with Gasteiger partial charge in [-0.25, -0.2) is 4.98 Å². The van der Waals surface area contributed by atoms with Crippen LogP contribution >= 0.6 is 11.3 Å². The van der Waals surface area contributed by atoms with E-state index in [1.807, 2.05) is 0 Å². The number of nitrogens with zero attached hydrogens (tertiary/aromatic N) is 3. The summed E-state index contributed by atoms with van der Waals surface area (Å²) in [5.41, 5.74) is 1.16. The molecule has 5 heteroatoms. The van der Waals surface area contributed by atoms with Crippen molar-refractivity contribution in [1.29, 1.82) is 0 Å². The lowest BCUT2D eigenvalue weighted by atomic mass is 10.1. The van der Waals surface area contributed by atoms with Crippen molar-refractivity contribution in [3.63, 3.8) is 0 Å². The molecule has 0 aromatic carbocycles. The Bertz CT molecular complexity index is 428. The number of thiazole rings is 1. The van der Waals surface area contributed by atoms with Gasteiger partial charge in [-0.2, -0.15) is 0 Å². The van der Waals surface area contributed by atoms with E-state index in [9.17, 15) is 0 Å². The lowest BCUT2D eigenvalue weighted by Crippen LogP contribution is -2.55. The van der Waals surface area contributed by atoms with Gasteiger partial charge >= 0.3 is 0 Å². The van der Waals surface area contributed by atoms with Gasteiger partial charge in [0.15, 0.2) is 4.96 Å². The van der Waals surface area contributed by atoms with Crippen LogP contribution in [-0.4, -0.2) is 40.5 Å². The Morgan fingerprint density at radius 3 is 3.20 bits per heavy atom. The average Bonchev–Trinajstić information content (AvgIpc) is 2.58. The van der Waals surface area contributed by atoms with E-state index in [1.165, 1.54) is 0 Å². The summed E-state index contributed by atoms with van der Waals surface area (Å²) in [5.74, 6) is 0. The summed E-state index contributed by atoms with van der Waals surface area (Å²) < 4.78 is 2.09. The van der Waals surface area contributed by atoms with Crippen LogP contribution in [0.2, 0.25) is 0 Å². The maximum atomic E-state index is 4.57. The Kier molecular flexibility index (Phi) is 2.23. The summed E-state index contributed by atoms with van der Waals surface area (Å²) in [7, 11) is 2.17. The fraction of sp³-hybridized carbons (Fsp3) is 0.500. The molecule has 0 bridgehead atoms. The number of nitrogens with one attached hydrogen (secondary N) is 1. The highest BCUT2D eigenvalue weighted by atomic mass is 32.1. The van der Waals surface area contributed by atoms with Crippen LogP contribution in [0.5, 0.6) is 0 Å². The molecule has 2 aromatic rings. The molecule has 1 fully saturated rings. The molecule has 1 N–H and O–H groups in total. The van der Waals surface area contributed by atoms with E-state index in [-0.39, 0.29) is 0 Å². The zero-order valence-corrected chi connectivity index (χ0v) is 9.50. The first-order valence-corrected chi connectivity index (χ1v) is 6.03. The predicted octanol–water partition coefficient (Wildman–Crippen LogP) is 0.799. The molecule has 0 saturated carbocycles. The second-order valence-corrected chi connectivity index (χ2v) is 4.93. The van der Waals surface area contributed by atoms with E-state index in [0.29, 0.717) is 6.04 Å². The second kappa shape index (κ2) is 3.59. The molecule has 0 aliphatic carbocycles. The van der Waals surface area contributed by atoms with Gasteiger partial charge in [0.1, 0.15) is 0 Å². The van der Waals surface area contributed by atoms with Gasteiger partial charge in [0.05, 0.1) is 5.69 Å². The summed E-state index contributed by atoms with van der Waals surface area (Å²) in [6.45, 7) is 3.16. The number of rotatable bonds is 3. The molecule has 80 valence electrons. The zero-order valence-electron chi connectivity index (χ0n) is 8.68. The molecule has 0 atom stereocenters. The number of hydrogen-bond acceptors (Lipinski definition) is 4. The minimum absolute atomic E-state index is 0.685. The molecule has 2 aromatic heterocycles. The van der Waals surface area contributed by atoms with Crippen LogP contribution in [-0.2, 0) is 6.54 Å². The van der Waals surface area contributed by atoms with Gasteiger partial charge in [0.2, 0.25) is 0 Å². The summed E-state index contributed by atoms with van der Waals surface area (Å²) in [5, 5.41) is 5.35. The molecule has 0 radical (unpaired) electrons. The van der Waals surface area contributed by atoms with Gasteiger partial charge in [0, 0.05) is 43.4 Å². The highest BCUT2D eigenvalue weighted by Gasteiger charge is 2.21. The highest BCUT2D eigenvalue weighted by molar-refractivity contribution is 7.15. The van der Waals surface area contributed by atoms with Crippen molar-refractivity contribution in [1.82, 2.24) is 19.6 Å². The van der Waals surface area contributed by atoms with Crippen molar-refractivity contribution in [3.8, 4) is 0 Å². The number of fused-ring (bicyclic) bond motifs is 1. The smallest absolute Gasteiger partial charge is 0.193 e. The van der Waals surface area contributed by atoms with Crippen LogP contribution in [0.15, 0.2) is 17.8 Å². The van der Waals surface area contributed by atoms with Crippen LogP contribution in [0.1, 0.15) is 5.69 Å². The van der Waals surface area contributed by atoms with Crippen molar-refractivity contribution < 1.29 is 0 Å². The number of imidazole rings is 1. The fourth-order valence-corrected chi connectivity index (χ4v) is 2.54. The van der Waals surface area contributed by atoms with E-state index in [4.69, 9.17) is 0 Å². The quantitative estimate of drug-likeness (QED) is 0.834. The Morgan fingerprint density at radius 2 is 2.53 bits per heavy atom. The molecule has 1 aliphatic heterocycles. The molecule has 0 amide bonds. The van der Waals surface area contributed by atoms with Gasteiger partial charge in [-0.3, -0.25) is 9.30 Å². The highest BCUT2D eigenvalue weighted by Crippen LogP contribution is 2.13. The Labute approximate surface area is 92.5 Å². The first kappa shape index (κ1) is 9.33. The molecule has 3 rings (SSSR count). The lowest BCUT2D eigenvalue weighted by Gasteiger charge is -2.35. The molecule has 3 heterocycles. The van der Waals surface area contributed by atoms with Gasteiger partial charge in [-0.05, 0) is 7.05 Å². The summed E-state index contributed by atoms with van der Waals surface area (Å²) in [6.07, 6.45) is 4.18. The molecule has 15 heavy (non-hydrogen) atoms. The van der Waals surface area contributed by atoms with E-state index in [2.05, 4.69) is 44.4 Å². The third kappa shape index (κ3) is 1.67. The Morgan fingerprint density at radius 1 is 1.67 bits per heavy atom. The lowest BCUT2D eigenvalue weighted by molar-refractivity contribution is 0.171. The van der Waals surface area contributed by atoms with Crippen LogP contribution in [0.3, 0.4) is 0 Å².